The Morgan fingerprint density at radius 3 is 2.52 bits per heavy atom. The van der Waals surface area contributed by atoms with Crippen LogP contribution in [0.4, 0.5) is 8.78 Å². The number of aliphatic hydroxyl groups excluding tert-OH is 1. The van der Waals surface area contributed by atoms with Gasteiger partial charge in [-0.25, -0.2) is 13.8 Å². The number of amides is 2. The van der Waals surface area contributed by atoms with Gasteiger partial charge in [0.2, 0.25) is 17.7 Å². The average molecular weight is 635 g/mol. The number of nitrogens with one attached hydrogen (secondary N) is 2. The van der Waals surface area contributed by atoms with E-state index in [2.05, 4.69) is 29.5 Å². The van der Waals surface area contributed by atoms with Crippen molar-refractivity contribution in [2.45, 2.75) is 82.7 Å². The number of aliphatic hydroxyl groups is 1. The average Bonchev–Trinajstić information content (AvgIpc) is 3.63. The molecule has 2 aromatic carbocycles. The minimum Gasteiger partial charge on any atom is -0.473 e. The Kier molecular flexibility index (Phi) is 11.4. The van der Waals surface area contributed by atoms with Crippen LogP contribution in [0.15, 0.2) is 72.9 Å². The molecule has 0 radical (unpaired) electrons. The summed E-state index contributed by atoms with van der Waals surface area (Å²) in [6.07, 6.45) is 3.08. The van der Waals surface area contributed by atoms with Crippen LogP contribution in [0.25, 0.3) is 0 Å². The number of aromatic nitrogens is 1. The molecule has 2 aliphatic heterocycles. The Bertz CT molecular complexity index is 1420. The van der Waals surface area contributed by atoms with E-state index in [1.165, 1.54) is 12.1 Å². The van der Waals surface area contributed by atoms with Crippen molar-refractivity contribution >= 4 is 11.8 Å². The number of pyridine rings is 1. The number of carbonyl (C=O) groups excluding carboxylic acids is 2. The monoisotopic (exact) mass is 634 g/mol. The highest BCUT2D eigenvalue weighted by atomic mass is 19.1. The van der Waals surface area contributed by atoms with Gasteiger partial charge in [-0.15, -0.1) is 0 Å². The molecular weight excluding hydrogens is 590 g/mol. The van der Waals surface area contributed by atoms with Crippen LogP contribution in [0.3, 0.4) is 0 Å². The quantitative estimate of drug-likeness (QED) is 0.242. The Labute approximate surface area is 269 Å². The Balaban J connectivity index is 1.36. The molecule has 3 aromatic rings. The van der Waals surface area contributed by atoms with E-state index in [9.17, 15) is 23.5 Å². The van der Waals surface area contributed by atoms with Gasteiger partial charge in [0, 0.05) is 49.8 Å². The van der Waals surface area contributed by atoms with Crippen molar-refractivity contribution in [3.05, 3.63) is 95.7 Å². The first-order valence-corrected chi connectivity index (χ1v) is 16.2. The van der Waals surface area contributed by atoms with Crippen molar-refractivity contribution in [3.63, 3.8) is 0 Å². The van der Waals surface area contributed by atoms with E-state index in [0.29, 0.717) is 56.1 Å². The maximum Gasteiger partial charge on any atom is 0.243 e. The van der Waals surface area contributed by atoms with Crippen LogP contribution in [0, 0.1) is 23.5 Å². The zero-order valence-corrected chi connectivity index (χ0v) is 26.4. The molecule has 8 nitrogen and oxygen atoms in total. The fourth-order valence-electron chi connectivity index (χ4n) is 6.71. The van der Waals surface area contributed by atoms with Crippen LogP contribution >= 0.6 is 0 Å². The predicted molar refractivity (Wildman–Crippen MR) is 171 cm³/mol. The van der Waals surface area contributed by atoms with E-state index >= 15 is 0 Å². The summed E-state index contributed by atoms with van der Waals surface area (Å²) in [6, 6.07) is 16.2. The lowest BCUT2D eigenvalue weighted by Crippen LogP contribution is -2.57. The molecule has 2 fully saturated rings. The third kappa shape index (κ3) is 8.88. The Morgan fingerprint density at radius 1 is 1.09 bits per heavy atom. The summed E-state index contributed by atoms with van der Waals surface area (Å²) >= 11 is 0. The van der Waals surface area contributed by atoms with Crippen LogP contribution in [-0.4, -0.2) is 70.2 Å². The normalized spacial score (nSPS) is 21.7. The minimum absolute atomic E-state index is 0.0130. The molecule has 1 aromatic heterocycles. The molecule has 0 bridgehead atoms. The second-order valence-corrected chi connectivity index (χ2v) is 12.9. The number of benzene rings is 2. The molecule has 2 aliphatic rings. The molecule has 46 heavy (non-hydrogen) atoms. The molecule has 0 saturated carbocycles. The van der Waals surface area contributed by atoms with Crippen LogP contribution in [0.5, 0.6) is 5.88 Å². The lowest BCUT2D eigenvalue weighted by Gasteiger charge is -2.33. The molecule has 246 valence electrons. The number of halogens is 2. The fraction of sp³-hybridized carbons (Fsp3) is 0.472. The van der Waals surface area contributed by atoms with Crippen molar-refractivity contribution in [2.24, 2.45) is 11.8 Å². The Hall–Kier alpha value is -3.89. The van der Waals surface area contributed by atoms with Gasteiger partial charge in [0.15, 0.2) is 0 Å². The third-order valence-electron chi connectivity index (χ3n) is 8.91. The van der Waals surface area contributed by atoms with E-state index in [1.54, 1.807) is 23.2 Å². The molecule has 3 heterocycles. The van der Waals surface area contributed by atoms with E-state index in [0.717, 1.165) is 18.1 Å². The second-order valence-electron chi connectivity index (χ2n) is 12.9. The van der Waals surface area contributed by atoms with Gasteiger partial charge in [0.05, 0.1) is 12.1 Å². The molecule has 0 aliphatic carbocycles. The van der Waals surface area contributed by atoms with Crippen LogP contribution in [-0.2, 0) is 22.4 Å². The summed E-state index contributed by atoms with van der Waals surface area (Å²) in [4.78, 5) is 33.6. The van der Waals surface area contributed by atoms with Gasteiger partial charge in [-0.05, 0) is 67.3 Å². The summed E-state index contributed by atoms with van der Waals surface area (Å²) in [5.74, 6) is -1.22. The SMILES string of the molecule is CC(C)C[C@H]1CCN([C@@H](CCc2ccccc2)C(=O)N[C@@H](Cc2cc(F)cc(F)c2)[C@H](O)[C@H]2C[C@@H](Oc3ccccn3)CN2)C1=O. The number of aryl methyl sites for hydroxylation is 1. The molecule has 0 unspecified atom stereocenters. The van der Waals surface area contributed by atoms with Crippen LogP contribution in [0.1, 0.15) is 50.7 Å². The van der Waals surface area contributed by atoms with E-state index in [4.69, 9.17) is 4.74 Å². The molecular formula is C36H44F2N4O4. The zero-order chi connectivity index (χ0) is 32.6. The van der Waals surface area contributed by atoms with Crippen LogP contribution in [0.2, 0.25) is 0 Å². The number of ether oxygens (including phenoxy) is 1. The van der Waals surface area contributed by atoms with E-state index < -0.39 is 41.8 Å². The topological polar surface area (TPSA) is 104 Å². The summed E-state index contributed by atoms with van der Waals surface area (Å²) in [5, 5.41) is 18.0. The van der Waals surface area contributed by atoms with Crippen LogP contribution < -0.4 is 15.4 Å². The molecule has 3 N–H and O–H groups in total. The largest absolute Gasteiger partial charge is 0.473 e. The van der Waals surface area contributed by atoms with Gasteiger partial charge >= 0.3 is 0 Å². The standard InChI is InChI=1S/C36H44F2N4O4/c1-23(2)16-26-13-15-42(36(26)45)32(12-11-24-8-4-3-5-9-24)35(44)41-31(19-25-17-27(37)20-28(38)18-25)34(43)30-21-29(22-40-30)46-33-10-6-7-14-39-33/h3-10,14,17-18,20,23,26,29-32,34,40,43H,11-13,15-16,19,21-22H2,1-2H3,(H,41,44)/t26-,29-,30-,31+,32+,34-/m1/s1. The lowest BCUT2D eigenvalue weighted by atomic mass is 9.94. The van der Waals surface area contributed by atoms with Crippen molar-refractivity contribution in [3.8, 4) is 5.88 Å². The molecule has 6 atom stereocenters. The molecule has 0 spiro atoms. The maximum atomic E-state index is 14.2. The van der Waals surface area contributed by atoms with E-state index in [-0.39, 0.29) is 24.3 Å². The fourth-order valence-corrected chi connectivity index (χ4v) is 6.71. The van der Waals surface area contributed by atoms with Crippen molar-refractivity contribution in [1.82, 2.24) is 20.5 Å². The summed E-state index contributed by atoms with van der Waals surface area (Å²) in [7, 11) is 0. The number of likely N-dealkylation sites (tertiary alicyclic amines) is 1. The molecule has 2 amide bonds. The smallest absolute Gasteiger partial charge is 0.243 e. The van der Waals surface area contributed by atoms with Gasteiger partial charge < -0.3 is 25.4 Å². The molecule has 10 heteroatoms. The van der Waals surface area contributed by atoms with Crippen molar-refractivity contribution in [1.29, 1.82) is 0 Å². The highest BCUT2D eigenvalue weighted by molar-refractivity contribution is 5.90. The van der Waals surface area contributed by atoms with Gasteiger partial charge in [-0.2, -0.15) is 0 Å². The Morgan fingerprint density at radius 2 is 1.83 bits per heavy atom. The number of hydrogen-bond donors (Lipinski definition) is 3. The highest BCUT2D eigenvalue weighted by Gasteiger charge is 2.41. The lowest BCUT2D eigenvalue weighted by molar-refractivity contribution is -0.140. The number of carbonyl (C=O) groups is 2. The maximum absolute atomic E-state index is 14.2. The van der Waals surface area contributed by atoms with Gasteiger partial charge in [0.25, 0.3) is 0 Å². The molecule has 2 saturated heterocycles. The van der Waals surface area contributed by atoms with Gasteiger partial charge in [-0.1, -0.05) is 50.2 Å². The summed E-state index contributed by atoms with van der Waals surface area (Å²) < 4.78 is 34.4. The predicted octanol–water partition coefficient (Wildman–Crippen LogP) is 4.45. The van der Waals surface area contributed by atoms with Gasteiger partial charge in [-0.3, -0.25) is 9.59 Å². The van der Waals surface area contributed by atoms with Crippen molar-refractivity contribution < 1.29 is 28.2 Å². The third-order valence-corrected chi connectivity index (χ3v) is 8.91. The minimum atomic E-state index is -1.12. The molecule has 5 rings (SSSR count). The zero-order valence-electron chi connectivity index (χ0n) is 26.4. The number of rotatable bonds is 14. The van der Waals surface area contributed by atoms with Crippen molar-refractivity contribution in [2.75, 3.05) is 13.1 Å². The first-order valence-electron chi connectivity index (χ1n) is 16.2. The summed E-state index contributed by atoms with van der Waals surface area (Å²) in [5.41, 5.74) is 1.35. The van der Waals surface area contributed by atoms with Gasteiger partial charge in [0.1, 0.15) is 23.8 Å². The summed E-state index contributed by atoms with van der Waals surface area (Å²) in [6.45, 7) is 5.09. The number of hydrogen-bond acceptors (Lipinski definition) is 6. The first kappa shape index (κ1) is 33.5. The van der Waals surface area contributed by atoms with E-state index in [1.807, 2.05) is 36.4 Å². The number of nitrogens with zero attached hydrogens (tertiary/aromatic N) is 2. The second kappa shape index (κ2) is 15.6. The highest BCUT2D eigenvalue weighted by Crippen LogP contribution is 2.28. The first-order chi connectivity index (χ1) is 22.2.